The molecule has 0 heterocycles. The third kappa shape index (κ3) is 5.25. The van der Waals surface area contributed by atoms with E-state index in [4.69, 9.17) is 9.47 Å². The van der Waals surface area contributed by atoms with Gasteiger partial charge in [-0.25, -0.2) is 0 Å². The highest BCUT2D eigenvalue weighted by Gasteiger charge is 2.17. The van der Waals surface area contributed by atoms with Crippen molar-refractivity contribution in [3.8, 4) is 11.5 Å². The fourth-order valence-corrected chi connectivity index (χ4v) is 3.28. The number of rotatable bonds is 7. The van der Waals surface area contributed by atoms with E-state index >= 15 is 0 Å². The highest BCUT2D eigenvalue weighted by Crippen LogP contribution is 2.32. The fraction of sp³-hybridized carbons (Fsp3) is 0.435. The van der Waals surface area contributed by atoms with E-state index in [1.807, 2.05) is 52.0 Å². The summed E-state index contributed by atoms with van der Waals surface area (Å²) in [5, 5.41) is 3.04. The average Bonchev–Trinajstić information content (AvgIpc) is 2.60. The van der Waals surface area contributed by atoms with E-state index in [2.05, 4.69) is 25.2 Å². The SMILES string of the molecule is COc1cc(C)c(C(C)NC(=O)COc2ccc(C)cc2C)cc1C(C)C. The van der Waals surface area contributed by atoms with E-state index < -0.39 is 0 Å². The van der Waals surface area contributed by atoms with Crippen molar-refractivity contribution in [1.29, 1.82) is 0 Å². The summed E-state index contributed by atoms with van der Waals surface area (Å²) >= 11 is 0. The lowest BCUT2D eigenvalue weighted by atomic mass is 9.93. The van der Waals surface area contributed by atoms with Crippen molar-refractivity contribution in [3.05, 3.63) is 58.1 Å². The molecule has 4 nitrogen and oxygen atoms in total. The zero-order valence-electron chi connectivity index (χ0n) is 17.5. The van der Waals surface area contributed by atoms with Crippen LogP contribution in [0.4, 0.5) is 0 Å². The zero-order valence-corrected chi connectivity index (χ0v) is 17.5. The molecule has 2 aromatic carbocycles. The summed E-state index contributed by atoms with van der Waals surface area (Å²) in [5.74, 6) is 1.84. The van der Waals surface area contributed by atoms with Crippen LogP contribution in [0.5, 0.6) is 11.5 Å². The Labute approximate surface area is 162 Å². The lowest BCUT2D eigenvalue weighted by molar-refractivity contribution is -0.123. The Bertz CT molecular complexity index is 812. The van der Waals surface area contributed by atoms with Gasteiger partial charge >= 0.3 is 0 Å². The number of benzene rings is 2. The molecule has 27 heavy (non-hydrogen) atoms. The predicted octanol–water partition coefficient (Wildman–Crippen LogP) is 5.00. The number of ether oxygens (including phenoxy) is 2. The number of amides is 1. The second-order valence-electron chi connectivity index (χ2n) is 7.45. The van der Waals surface area contributed by atoms with E-state index in [0.717, 1.165) is 33.8 Å². The highest BCUT2D eigenvalue weighted by molar-refractivity contribution is 5.78. The van der Waals surface area contributed by atoms with Crippen molar-refractivity contribution in [3.63, 3.8) is 0 Å². The third-order valence-corrected chi connectivity index (χ3v) is 4.77. The van der Waals surface area contributed by atoms with Crippen molar-refractivity contribution in [2.75, 3.05) is 13.7 Å². The van der Waals surface area contributed by atoms with Gasteiger partial charge in [0.15, 0.2) is 6.61 Å². The molecule has 1 unspecified atom stereocenters. The van der Waals surface area contributed by atoms with Crippen LogP contribution in [0.2, 0.25) is 0 Å². The van der Waals surface area contributed by atoms with Gasteiger partial charge in [-0.1, -0.05) is 31.5 Å². The number of aryl methyl sites for hydroxylation is 3. The molecule has 0 aliphatic rings. The summed E-state index contributed by atoms with van der Waals surface area (Å²) < 4.78 is 11.2. The zero-order chi connectivity index (χ0) is 20.1. The van der Waals surface area contributed by atoms with Crippen molar-refractivity contribution in [2.24, 2.45) is 0 Å². The Morgan fingerprint density at radius 2 is 1.67 bits per heavy atom. The van der Waals surface area contributed by atoms with E-state index in [1.54, 1.807) is 7.11 Å². The molecule has 1 atom stereocenters. The van der Waals surface area contributed by atoms with Crippen LogP contribution in [0.15, 0.2) is 30.3 Å². The fourth-order valence-electron chi connectivity index (χ4n) is 3.28. The minimum atomic E-state index is -0.135. The molecule has 4 heteroatoms. The minimum absolute atomic E-state index is 0.000477. The summed E-state index contributed by atoms with van der Waals surface area (Å²) in [7, 11) is 1.69. The number of hydrogen-bond donors (Lipinski definition) is 1. The second kappa shape index (κ2) is 8.94. The molecule has 0 aromatic heterocycles. The summed E-state index contributed by atoms with van der Waals surface area (Å²) in [5.41, 5.74) is 5.54. The van der Waals surface area contributed by atoms with Gasteiger partial charge in [-0.15, -0.1) is 0 Å². The van der Waals surface area contributed by atoms with Gasteiger partial charge in [-0.05, 0) is 74.1 Å². The Morgan fingerprint density at radius 3 is 2.26 bits per heavy atom. The molecule has 0 aliphatic heterocycles. The van der Waals surface area contributed by atoms with E-state index in [0.29, 0.717) is 5.92 Å². The van der Waals surface area contributed by atoms with Crippen LogP contribution in [0.1, 0.15) is 60.5 Å². The molecule has 2 rings (SSSR count). The van der Waals surface area contributed by atoms with Crippen LogP contribution < -0.4 is 14.8 Å². The lowest BCUT2D eigenvalue weighted by Crippen LogP contribution is -2.31. The van der Waals surface area contributed by atoms with Crippen molar-refractivity contribution < 1.29 is 14.3 Å². The molecule has 0 bridgehead atoms. The molecule has 0 saturated carbocycles. The second-order valence-corrected chi connectivity index (χ2v) is 7.45. The lowest BCUT2D eigenvalue weighted by Gasteiger charge is -2.21. The van der Waals surface area contributed by atoms with E-state index in [1.165, 1.54) is 5.56 Å². The predicted molar refractivity (Wildman–Crippen MR) is 110 cm³/mol. The van der Waals surface area contributed by atoms with Crippen LogP contribution >= 0.6 is 0 Å². The summed E-state index contributed by atoms with van der Waals surface area (Å²) in [6, 6.07) is 10.0. The molecule has 2 aromatic rings. The molecular weight excluding hydrogens is 338 g/mol. The van der Waals surface area contributed by atoms with Crippen LogP contribution in [-0.4, -0.2) is 19.6 Å². The van der Waals surface area contributed by atoms with Crippen molar-refractivity contribution in [1.82, 2.24) is 5.32 Å². The van der Waals surface area contributed by atoms with Crippen LogP contribution in [0.25, 0.3) is 0 Å². The molecule has 0 radical (unpaired) electrons. The maximum atomic E-state index is 12.4. The molecular formula is C23H31NO3. The number of nitrogens with one attached hydrogen (secondary N) is 1. The minimum Gasteiger partial charge on any atom is -0.496 e. The maximum Gasteiger partial charge on any atom is 0.258 e. The summed E-state index contributed by atoms with van der Waals surface area (Å²) in [6.45, 7) is 12.3. The van der Waals surface area contributed by atoms with Gasteiger partial charge in [0.2, 0.25) is 0 Å². The van der Waals surface area contributed by atoms with Gasteiger partial charge in [0.25, 0.3) is 5.91 Å². The average molecular weight is 370 g/mol. The topological polar surface area (TPSA) is 47.6 Å². The van der Waals surface area contributed by atoms with Gasteiger partial charge in [-0.2, -0.15) is 0 Å². The Hall–Kier alpha value is -2.49. The van der Waals surface area contributed by atoms with Crippen LogP contribution in [0.3, 0.4) is 0 Å². The maximum absolute atomic E-state index is 12.4. The van der Waals surface area contributed by atoms with Crippen LogP contribution in [0, 0.1) is 20.8 Å². The van der Waals surface area contributed by atoms with Gasteiger partial charge in [0.1, 0.15) is 11.5 Å². The monoisotopic (exact) mass is 369 g/mol. The Balaban J connectivity index is 2.06. The molecule has 0 aliphatic carbocycles. The smallest absolute Gasteiger partial charge is 0.258 e. The third-order valence-electron chi connectivity index (χ3n) is 4.77. The molecule has 0 fully saturated rings. The van der Waals surface area contributed by atoms with Crippen LogP contribution in [-0.2, 0) is 4.79 Å². The van der Waals surface area contributed by atoms with E-state index in [-0.39, 0.29) is 18.6 Å². The highest BCUT2D eigenvalue weighted by atomic mass is 16.5. The first kappa shape index (κ1) is 20.8. The molecule has 0 saturated heterocycles. The Morgan fingerprint density at radius 1 is 0.963 bits per heavy atom. The van der Waals surface area contributed by atoms with E-state index in [9.17, 15) is 4.79 Å². The molecule has 1 N–H and O–H groups in total. The number of carbonyl (C=O) groups is 1. The summed E-state index contributed by atoms with van der Waals surface area (Å²) in [4.78, 5) is 12.4. The first-order chi connectivity index (χ1) is 12.7. The number of carbonyl (C=O) groups excluding carboxylic acids is 1. The quantitative estimate of drug-likeness (QED) is 0.747. The van der Waals surface area contributed by atoms with Gasteiger partial charge in [0, 0.05) is 0 Å². The normalized spacial score (nSPS) is 12.0. The largest absolute Gasteiger partial charge is 0.496 e. The first-order valence-electron chi connectivity index (χ1n) is 9.40. The standard InChI is InChI=1S/C23H31NO3/c1-14(2)19-12-20(16(4)11-22(19)26-7)18(6)24-23(25)13-27-21-9-8-15(3)10-17(21)5/h8-12,14,18H,13H2,1-7H3,(H,24,25). The number of methoxy groups -OCH3 is 1. The molecule has 1 amide bonds. The van der Waals surface area contributed by atoms with Crippen molar-refractivity contribution >= 4 is 5.91 Å². The van der Waals surface area contributed by atoms with Gasteiger partial charge < -0.3 is 14.8 Å². The summed E-state index contributed by atoms with van der Waals surface area (Å²) in [6.07, 6.45) is 0. The van der Waals surface area contributed by atoms with Gasteiger partial charge in [0.05, 0.1) is 13.2 Å². The van der Waals surface area contributed by atoms with Crippen molar-refractivity contribution in [2.45, 2.75) is 53.5 Å². The molecule has 0 spiro atoms. The van der Waals surface area contributed by atoms with Gasteiger partial charge in [-0.3, -0.25) is 4.79 Å². The Kier molecular flexibility index (Phi) is 6.89. The molecule has 146 valence electrons. The first-order valence-corrected chi connectivity index (χ1v) is 9.40. The number of hydrogen-bond acceptors (Lipinski definition) is 3.